The molecular weight excluding hydrogens is 390 g/mol. The first-order valence-corrected chi connectivity index (χ1v) is 10.4. The molecule has 3 atom stereocenters. The maximum atomic E-state index is 13.4. The Balaban J connectivity index is 1.76. The Bertz CT molecular complexity index is 963. The number of benzene rings is 2. The second-order valence-corrected chi connectivity index (χ2v) is 9.39. The number of rotatable bonds is 6. The predicted octanol–water partition coefficient (Wildman–Crippen LogP) is 2.60. The molecule has 2 aliphatic rings. The summed E-state index contributed by atoms with van der Waals surface area (Å²) in [6.45, 7) is 0.605. The lowest BCUT2D eigenvalue weighted by atomic mass is 9.99. The lowest BCUT2D eigenvalue weighted by Gasteiger charge is -2.15. The summed E-state index contributed by atoms with van der Waals surface area (Å²) in [4.78, 5) is 0.231. The summed E-state index contributed by atoms with van der Waals surface area (Å²) in [6, 6.07) is 11.7. The monoisotopic (exact) mass is 409 g/mol. The summed E-state index contributed by atoms with van der Waals surface area (Å²) in [7, 11) is -2.07. The van der Waals surface area contributed by atoms with Gasteiger partial charge in [0.2, 0.25) is 6.79 Å². The number of halogens is 1. The topological polar surface area (TPSA) is 87.8 Å². The maximum Gasteiger partial charge on any atom is 0.231 e. The van der Waals surface area contributed by atoms with Gasteiger partial charge in [0.1, 0.15) is 0 Å². The van der Waals surface area contributed by atoms with Crippen molar-refractivity contribution in [2.45, 2.75) is 16.1 Å². The van der Waals surface area contributed by atoms with Crippen molar-refractivity contribution in [2.75, 3.05) is 27.1 Å². The van der Waals surface area contributed by atoms with Gasteiger partial charge in [-0.1, -0.05) is 17.7 Å². The fraction of sp³-hybridized carbons (Fsp3) is 0.368. The van der Waals surface area contributed by atoms with Gasteiger partial charge in [0, 0.05) is 30.0 Å². The maximum absolute atomic E-state index is 13.4. The second-order valence-electron chi connectivity index (χ2n) is 6.88. The minimum atomic E-state index is -3.63. The molecule has 0 spiro atoms. The lowest BCUT2D eigenvalue weighted by Crippen LogP contribution is -2.28. The third-order valence-corrected chi connectivity index (χ3v) is 8.00. The average molecular weight is 410 g/mol. The first-order chi connectivity index (χ1) is 12.9. The van der Waals surface area contributed by atoms with Crippen molar-refractivity contribution in [2.24, 2.45) is 11.1 Å². The van der Waals surface area contributed by atoms with Crippen molar-refractivity contribution in [1.82, 2.24) is 0 Å². The highest BCUT2D eigenvalue weighted by Gasteiger charge is 2.70. The molecule has 0 bridgehead atoms. The standard InChI is InChI=1S/C19H20ClNO5S/c1-24-10-19(9-21)17(12-2-7-15-16(8-12)26-11-25-15)18(19)27(22,23)14-5-3-13(20)4-6-14/h2-8,17-18H,9-11,21H2,1H3/t17-,18+,19-/m1/s1. The van der Waals surface area contributed by atoms with Crippen molar-refractivity contribution in [3.8, 4) is 11.5 Å². The van der Waals surface area contributed by atoms with Crippen LogP contribution in [-0.2, 0) is 14.6 Å². The van der Waals surface area contributed by atoms with E-state index in [1.54, 1.807) is 25.3 Å². The molecule has 0 aromatic heterocycles. The van der Waals surface area contributed by atoms with Gasteiger partial charge in [-0.2, -0.15) is 0 Å². The van der Waals surface area contributed by atoms with Gasteiger partial charge < -0.3 is 19.9 Å². The Labute approximate surface area is 163 Å². The highest BCUT2D eigenvalue weighted by Crippen LogP contribution is 2.64. The molecule has 8 heteroatoms. The lowest BCUT2D eigenvalue weighted by molar-refractivity contribution is 0.142. The molecule has 1 aliphatic carbocycles. The molecule has 0 unspecified atom stereocenters. The number of methoxy groups -OCH3 is 1. The van der Waals surface area contributed by atoms with Crippen LogP contribution in [-0.4, -0.2) is 40.7 Å². The Hall–Kier alpha value is -1.80. The van der Waals surface area contributed by atoms with Crippen molar-refractivity contribution in [3.05, 3.63) is 53.1 Å². The van der Waals surface area contributed by atoms with Crippen LogP contribution in [0.2, 0.25) is 5.02 Å². The summed E-state index contributed by atoms with van der Waals surface area (Å²) in [6.07, 6.45) is 0. The molecule has 2 N–H and O–H groups in total. The zero-order valence-corrected chi connectivity index (χ0v) is 16.3. The van der Waals surface area contributed by atoms with Gasteiger partial charge in [0.15, 0.2) is 21.3 Å². The summed E-state index contributed by atoms with van der Waals surface area (Å²) in [5.41, 5.74) is 6.22. The van der Waals surface area contributed by atoms with Crippen molar-refractivity contribution >= 4 is 21.4 Å². The number of hydrogen-bond donors (Lipinski definition) is 1. The largest absolute Gasteiger partial charge is 0.454 e. The Morgan fingerprint density at radius 3 is 2.56 bits per heavy atom. The van der Waals surface area contributed by atoms with E-state index >= 15 is 0 Å². The third-order valence-electron chi connectivity index (χ3n) is 5.40. The van der Waals surface area contributed by atoms with Crippen LogP contribution in [0.15, 0.2) is 47.4 Å². The molecule has 0 saturated heterocycles. The molecule has 1 fully saturated rings. The molecule has 1 saturated carbocycles. The highest BCUT2D eigenvalue weighted by molar-refractivity contribution is 7.92. The van der Waals surface area contributed by atoms with Gasteiger partial charge in [0.25, 0.3) is 0 Å². The smallest absolute Gasteiger partial charge is 0.231 e. The van der Waals surface area contributed by atoms with E-state index in [4.69, 9.17) is 31.5 Å². The number of hydrogen-bond acceptors (Lipinski definition) is 6. The van der Waals surface area contributed by atoms with Gasteiger partial charge >= 0.3 is 0 Å². The van der Waals surface area contributed by atoms with E-state index in [2.05, 4.69) is 0 Å². The molecule has 0 amide bonds. The Kier molecular flexibility index (Phi) is 4.58. The first-order valence-electron chi connectivity index (χ1n) is 8.52. The average Bonchev–Trinajstić information content (AvgIpc) is 3.10. The number of sulfone groups is 1. The van der Waals surface area contributed by atoms with Crippen LogP contribution in [0.4, 0.5) is 0 Å². The van der Waals surface area contributed by atoms with Crippen LogP contribution in [0.25, 0.3) is 0 Å². The third kappa shape index (κ3) is 2.89. The van der Waals surface area contributed by atoms with Crippen LogP contribution >= 0.6 is 11.6 Å². The minimum absolute atomic E-state index is 0.163. The molecule has 6 nitrogen and oxygen atoms in total. The first kappa shape index (κ1) is 18.6. The van der Waals surface area contributed by atoms with E-state index in [1.165, 1.54) is 12.1 Å². The molecule has 1 heterocycles. The summed E-state index contributed by atoms with van der Waals surface area (Å²) in [5.74, 6) is 0.976. The summed E-state index contributed by atoms with van der Waals surface area (Å²) >= 11 is 5.91. The quantitative estimate of drug-likeness (QED) is 0.789. The van der Waals surface area contributed by atoms with Crippen LogP contribution in [0.3, 0.4) is 0 Å². The highest BCUT2D eigenvalue weighted by atomic mass is 35.5. The molecule has 0 radical (unpaired) electrons. The summed E-state index contributed by atoms with van der Waals surface area (Å²) in [5, 5.41) is -0.199. The van der Waals surface area contributed by atoms with Gasteiger partial charge in [-0.15, -0.1) is 0 Å². The van der Waals surface area contributed by atoms with E-state index in [-0.39, 0.29) is 30.8 Å². The normalized spacial score (nSPS) is 26.2. The van der Waals surface area contributed by atoms with E-state index in [0.717, 1.165) is 5.56 Å². The molecule has 2 aromatic carbocycles. The van der Waals surface area contributed by atoms with Crippen molar-refractivity contribution in [1.29, 1.82) is 0 Å². The summed E-state index contributed by atoms with van der Waals surface area (Å²) < 4.78 is 42.9. The van der Waals surface area contributed by atoms with Crippen LogP contribution in [0.5, 0.6) is 11.5 Å². The molecule has 2 aromatic rings. The minimum Gasteiger partial charge on any atom is -0.454 e. The number of nitrogens with two attached hydrogens (primary N) is 1. The molecule has 144 valence electrons. The van der Waals surface area contributed by atoms with E-state index in [0.29, 0.717) is 16.5 Å². The van der Waals surface area contributed by atoms with Crippen LogP contribution in [0, 0.1) is 5.41 Å². The number of fused-ring (bicyclic) bond motifs is 1. The van der Waals surface area contributed by atoms with Crippen molar-refractivity contribution in [3.63, 3.8) is 0 Å². The van der Waals surface area contributed by atoms with Gasteiger partial charge in [0.05, 0.1) is 16.8 Å². The second kappa shape index (κ2) is 6.67. The molecular formula is C19H20ClNO5S. The van der Waals surface area contributed by atoms with E-state index in [9.17, 15) is 8.42 Å². The predicted molar refractivity (Wildman–Crippen MR) is 101 cm³/mol. The van der Waals surface area contributed by atoms with Crippen LogP contribution in [0.1, 0.15) is 11.5 Å². The molecule has 27 heavy (non-hydrogen) atoms. The SMILES string of the molecule is COC[C@]1(CN)[C@H](c2ccc3c(c2)OCO3)[C@@H]1S(=O)(=O)c1ccc(Cl)cc1. The number of ether oxygens (including phenoxy) is 3. The molecule has 1 aliphatic heterocycles. The fourth-order valence-electron chi connectivity index (χ4n) is 4.07. The fourth-order valence-corrected chi connectivity index (χ4v) is 6.64. The van der Waals surface area contributed by atoms with Gasteiger partial charge in [-0.05, 0) is 42.0 Å². The molecule has 4 rings (SSSR count). The Morgan fingerprint density at radius 1 is 1.19 bits per heavy atom. The van der Waals surface area contributed by atoms with Gasteiger partial charge in [-0.3, -0.25) is 0 Å². The van der Waals surface area contributed by atoms with E-state index in [1.807, 2.05) is 12.1 Å². The van der Waals surface area contributed by atoms with E-state index < -0.39 is 20.5 Å². The van der Waals surface area contributed by atoms with Crippen LogP contribution < -0.4 is 15.2 Å². The zero-order valence-electron chi connectivity index (χ0n) is 14.7. The zero-order chi connectivity index (χ0) is 19.2. The van der Waals surface area contributed by atoms with Crippen molar-refractivity contribution < 1.29 is 22.6 Å². The Morgan fingerprint density at radius 2 is 1.89 bits per heavy atom. The van der Waals surface area contributed by atoms with Gasteiger partial charge in [-0.25, -0.2) is 8.42 Å².